The molecule has 3 aromatic rings. The summed E-state index contributed by atoms with van der Waals surface area (Å²) in [6, 6.07) is 17.3. The Labute approximate surface area is 240 Å². The van der Waals surface area contributed by atoms with Gasteiger partial charge in [0.05, 0.1) is 32.3 Å². The minimum atomic E-state index is -3.56. The van der Waals surface area contributed by atoms with Crippen LogP contribution in [0.5, 0.6) is 17.2 Å². The molecule has 220 valence electrons. The largest absolute Gasteiger partial charge is 0.506 e. The van der Waals surface area contributed by atoms with Gasteiger partial charge in [-0.1, -0.05) is 6.07 Å². The molecular weight excluding hydrogens is 548 g/mol. The molecular formula is C29H36N4O7S. The number of phenolic OH excluding ortho intramolecular Hbond substituents is 1. The summed E-state index contributed by atoms with van der Waals surface area (Å²) in [5, 5.41) is 26.8. The second-order valence-corrected chi connectivity index (χ2v) is 11.7. The Bertz CT molecular complexity index is 1460. The van der Waals surface area contributed by atoms with Gasteiger partial charge in [-0.3, -0.25) is 9.52 Å². The third kappa shape index (κ3) is 8.03. The molecule has 41 heavy (non-hydrogen) atoms. The van der Waals surface area contributed by atoms with Crippen LogP contribution in [0.2, 0.25) is 0 Å². The molecule has 1 fully saturated rings. The summed E-state index contributed by atoms with van der Waals surface area (Å²) >= 11 is 0. The van der Waals surface area contributed by atoms with Crippen molar-refractivity contribution in [3.05, 3.63) is 71.8 Å². The fourth-order valence-corrected chi connectivity index (χ4v) is 5.28. The highest BCUT2D eigenvalue weighted by Gasteiger charge is 2.21. The first-order chi connectivity index (χ1) is 19.6. The van der Waals surface area contributed by atoms with E-state index in [1.54, 1.807) is 31.4 Å². The maximum absolute atomic E-state index is 12.7. The van der Waals surface area contributed by atoms with Crippen molar-refractivity contribution < 1.29 is 32.9 Å². The van der Waals surface area contributed by atoms with Gasteiger partial charge in [-0.15, -0.1) is 0 Å². The Morgan fingerprint density at radius 2 is 1.68 bits per heavy atom. The molecule has 1 aliphatic rings. The van der Waals surface area contributed by atoms with Crippen molar-refractivity contribution in [1.82, 2.24) is 5.32 Å². The molecule has 5 N–H and O–H groups in total. The number of sulfonamides is 1. The van der Waals surface area contributed by atoms with Gasteiger partial charge in [0, 0.05) is 42.6 Å². The number of anilines is 3. The Balaban J connectivity index is 1.26. The van der Waals surface area contributed by atoms with Gasteiger partial charge in [-0.2, -0.15) is 0 Å². The summed E-state index contributed by atoms with van der Waals surface area (Å²) in [6.45, 7) is 1.95. The van der Waals surface area contributed by atoms with Gasteiger partial charge in [0.2, 0.25) is 10.0 Å². The highest BCUT2D eigenvalue weighted by molar-refractivity contribution is 7.92. The highest BCUT2D eigenvalue weighted by atomic mass is 32.2. The number of rotatable bonds is 11. The first-order valence-corrected chi connectivity index (χ1v) is 15.1. The lowest BCUT2D eigenvalue weighted by Gasteiger charge is -2.34. The van der Waals surface area contributed by atoms with Crippen molar-refractivity contribution in [2.75, 3.05) is 55.0 Å². The summed E-state index contributed by atoms with van der Waals surface area (Å²) in [4.78, 5) is 15.0. The van der Waals surface area contributed by atoms with Crippen LogP contribution in [-0.2, 0) is 10.0 Å². The topological polar surface area (TPSA) is 149 Å². The van der Waals surface area contributed by atoms with Crippen molar-refractivity contribution in [2.24, 2.45) is 0 Å². The standard InChI is InChI=1S/C29H36N4O7S/c1-39-27-11-5-20(17-28(27)40-2)29(36)31-22-6-8-23(9-7-22)33-14-12-21(13-15-33)30-18-26(35)19-4-10-25(34)24(16-19)32-41(3,37)38/h4-11,16-17,21,26,30,32,34-35H,12-15,18H2,1-3H3,(H,31,36). The number of benzene rings is 3. The van der Waals surface area contributed by atoms with Crippen molar-refractivity contribution in [3.8, 4) is 17.2 Å². The maximum Gasteiger partial charge on any atom is 0.255 e. The number of hydrogen-bond acceptors (Lipinski definition) is 9. The lowest BCUT2D eigenvalue weighted by molar-refractivity contribution is 0.102. The van der Waals surface area contributed by atoms with Crippen LogP contribution in [0.25, 0.3) is 0 Å². The van der Waals surface area contributed by atoms with Gasteiger partial charge in [-0.25, -0.2) is 8.42 Å². The first kappa shape index (κ1) is 30.0. The van der Waals surface area contributed by atoms with Gasteiger partial charge in [0.15, 0.2) is 11.5 Å². The van der Waals surface area contributed by atoms with Crippen molar-refractivity contribution in [1.29, 1.82) is 0 Å². The molecule has 1 amide bonds. The SMILES string of the molecule is COc1ccc(C(=O)Nc2ccc(N3CCC(NCC(O)c4ccc(O)c(NS(C)(=O)=O)c4)CC3)cc2)cc1OC. The second kappa shape index (κ2) is 13.1. The monoisotopic (exact) mass is 584 g/mol. The number of aliphatic hydroxyl groups excluding tert-OH is 1. The third-order valence-corrected chi connectivity index (χ3v) is 7.52. The summed E-state index contributed by atoms with van der Waals surface area (Å²) in [5.41, 5.74) is 2.73. The van der Waals surface area contributed by atoms with E-state index in [-0.39, 0.29) is 23.4 Å². The zero-order valence-electron chi connectivity index (χ0n) is 23.3. The number of piperidine rings is 1. The molecule has 0 aliphatic carbocycles. The highest BCUT2D eigenvalue weighted by Crippen LogP contribution is 2.29. The normalized spacial score (nSPS) is 14.8. The van der Waals surface area contributed by atoms with Gasteiger partial charge in [0.1, 0.15) is 5.75 Å². The molecule has 0 bridgehead atoms. The number of carbonyl (C=O) groups excluding carboxylic acids is 1. The lowest BCUT2D eigenvalue weighted by Crippen LogP contribution is -2.43. The molecule has 1 heterocycles. The van der Waals surface area contributed by atoms with Crippen LogP contribution in [-0.4, -0.2) is 70.7 Å². The predicted molar refractivity (Wildman–Crippen MR) is 159 cm³/mol. The smallest absolute Gasteiger partial charge is 0.255 e. The molecule has 4 rings (SSSR count). The third-order valence-electron chi connectivity index (χ3n) is 6.93. The molecule has 1 aliphatic heterocycles. The van der Waals surface area contributed by atoms with E-state index in [1.165, 1.54) is 19.2 Å². The van der Waals surface area contributed by atoms with E-state index < -0.39 is 16.1 Å². The van der Waals surface area contributed by atoms with Crippen LogP contribution in [0.3, 0.4) is 0 Å². The Hall–Kier alpha value is -4.00. The lowest BCUT2D eigenvalue weighted by atomic mass is 10.0. The Kier molecular flexibility index (Phi) is 9.58. The molecule has 1 saturated heterocycles. The van der Waals surface area contributed by atoms with Crippen LogP contribution < -0.4 is 29.7 Å². The Morgan fingerprint density at radius 1 is 1.00 bits per heavy atom. The average molecular weight is 585 g/mol. The number of carbonyl (C=O) groups is 1. The van der Waals surface area contributed by atoms with E-state index in [0.717, 1.165) is 37.9 Å². The maximum atomic E-state index is 12.7. The van der Waals surface area contributed by atoms with Crippen LogP contribution in [0, 0.1) is 0 Å². The van der Waals surface area contributed by atoms with Crippen LogP contribution in [0.4, 0.5) is 17.1 Å². The van der Waals surface area contributed by atoms with Gasteiger partial charge >= 0.3 is 0 Å². The fourth-order valence-electron chi connectivity index (χ4n) is 4.72. The fraction of sp³-hybridized carbons (Fsp3) is 0.345. The minimum absolute atomic E-state index is 0.0314. The van der Waals surface area contributed by atoms with E-state index in [0.29, 0.717) is 34.9 Å². The molecule has 3 aromatic carbocycles. The molecule has 12 heteroatoms. The van der Waals surface area contributed by atoms with Gasteiger partial charge < -0.3 is 35.2 Å². The molecule has 0 spiro atoms. The van der Waals surface area contributed by atoms with E-state index in [4.69, 9.17) is 9.47 Å². The van der Waals surface area contributed by atoms with Crippen LogP contribution >= 0.6 is 0 Å². The molecule has 0 saturated carbocycles. The number of ether oxygens (including phenoxy) is 2. The number of hydrogen-bond donors (Lipinski definition) is 5. The number of aliphatic hydroxyl groups is 1. The zero-order valence-corrected chi connectivity index (χ0v) is 24.1. The number of nitrogens with zero attached hydrogens (tertiary/aromatic N) is 1. The summed E-state index contributed by atoms with van der Waals surface area (Å²) < 4.78 is 35.8. The minimum Gasteiger partial charge on any atom is -0.506 e. The number of methoxy groups -OCH3 is 2. The van der Waals surface area contributed by atoms with Crippen molar-refractivity contribution in [3.63, 3.8) is 0 Å². The number of amides is 1. The second-order valence-electron chi connectivity index (χ2n) is 9.91. The van der Waals surface area contributed by atoms with Gasteiger partial charge in [-0.05, 0) is 73.0 Å². The first-order valence-electron chi connectivity index (χ1n) is 13.2. The van der Waals surface area contributed by atoms with Crippen LogP contribution in [0.15, 0.2) is 60.7 Å². The van der Waals surface area contributed by atoms with E-state index >= 15 is 0 Å². The Morgan fingerprint density at radius 3 is 2.32 bits per heavy atom. The van der Waals surface area contributed by atoms with Crippen molar-refractivity contribution >= 4 is 33.0 Å². The summed E-state index contributed by atoms with van der Waals surface area (Å²) in [6.07, 6.45) is 1.88. The summed E-state index contributed by atoms with van der Waals surface area (Å²) in [5.74, 6) is 0.584. The van der Waals surface area contributed by atoms with Gasteiger partial charge in [0.25, 0.3) is 5.91 Å². The number of nitrogens with one attached hydrogen (secondary N) is 3. The van der Waals surface area contributed by atoms with E-state index in [2.05, 4.69) is 20.3 Å². The number of phenols is 1. The molecule has 0 aromatic heterocycles. The molecule has 0 radical (unpaired) electrons. The summed E-state index contributed by atoms with van der Waals surface area (Å²) in [7, 11) is -0.495. The number of aromatic hydroxyl groups is 1. The van der Waals surface area contributed by atoms with Crippen LogP contribution in [0.1, 0.15) is 34.9 Å². The van der Waals surface area contributed by atoms with Crippen molar-refractivity contribution in [2.45, 2.75) is 25.0 Å². The van der Waals surface area contributed by atoms with E-state index in [9.17, 15) is 23.4 Å². The zero-order chi connectivity index (χ0) is 29.6. The quantitative estimate of drug-likeness (QED) is 0.214. The average Bonchev–Trinajstić information content (AvgIpc) is 2.96. The van der Waals surface area contributed by atoms with E-state index in [1.807, 2.05) is 24.3 Å². The molecule has 1 unspecified atom stereocenters. The molecule has 1 atom stereocenters. The molecule has 11 nitrogen and oxygen atoms in total. The predicted octanol–water partition coefficient (Wildman–Crippen LogP) is 3.33.